The Morgan fingerprint density at radius 3 is 2.29 bits per heavy atom. The second-order valence-electron chi connectivity index (χ2n) is 4.34. The highest BCUT2D eigenvalue weighted by molar-refractivity contribution is 7.80. The van der Waals surface area contributed by atoms with Gasteiger partial charge in [0.1, 0.15) is 5.69 Å². The summed E-state index contributed by atoms with van der Waals surface area (Å²) in [6.45, 7) is 0. The predicted molar refractivity (Wildman–Crippen MR) is 81.3 cm³/mol. The first kappa shape index (κ1) is 13.4. The molecule has 3 rings (SSSR count). The summed E-state index contributed by atoms with van der Waals surface area (Å²) in [6.07, 6.45) is 0. The van der Waals surface area contributed by atoms with E-state index in [2.05, 4.69) is 17.6 Å². The molecule has 0 fully saturated rings. The van der Waals surface area contributed by atoms with Gasteiger partial charge in [0.05, 0.1) is 4.92 Å². The minimum Gasteiger partial charge on any atom is -0.431 e. The van der Waals surface area contributed by atoms with Crippen LogP contribution in [0.4, 0.5) is 5.69 Å². The molecule has 0 radical (unpaired) electrons. The van der Waals surface area contributed by atoms with Gasteiger partial charge in [0.2, 0.25) is 0 Å². The minimum absolute atomic E-state index is 0.0367. The first-order valence-electron chi connectivity index (χ1n) is 6.15. The van der Waals surface area contributed by atoms with Crippen molar-refractivity contribution in [2.45, 2.75) is 5.22 Å². The lowest BCUT2D eigenvalue weighted by molar-refractivity contribution is -0.384. The van der Waals surface area contributed by atoms with Crippen LogP contribution in [0.25, 0.3) is 22.6 Å². The van der Waals surface area contributed by atoms with E-state index in [0.717, 1.165) is 11.1 Å². The van der Waals surface area contributed by atoms with Crippen LogP contribution >= 0.6 is 12.6 Å². The summed E-state index contributed by atoms with van der Waals surface area (Å²) in [5.74, 6) is 0.592. The third kappa shape index (κ3) is 2.66. The number of thiol groups is 1. The van der Waals surface area contributed by atoms with E-state index in [9.17, 15) is 10.1 Å². The molecule has 0 aliphatic heterocycles. The number of rotatable bonds is 3. The molecule has 2 aromatic carbocycles. The van der Waals surface area contributed by atoms with Gasteiger partial charge in [-0.15, -0.1) is 0 Å². The molecule has 0 atom stereocenters. The van der Waals surface area contributed by atoms with Gasteiger partial charge in [-0.05, 0) is 12.1 Å². The second-order valence-corrected chi connectivity index (χ2v) is 4.73. The number of hydrogen-bond donors (Lipinski definition) is 1. The third-order valence-electron chi connectivity index (χ3n) is 3.00. The molecule has 5 nitrogen and oxygen atoms in total. The largest absolute Gasteiger partial charge is 0.431 e. The smallest absolute Gasteiger partial charge is 0.269 e. The molecule has 0 bridgehead atoms. The maximum atomic E-state index is 10.7. The fourth-order valence-electron chi connectivity index (χ4n) is 2.03. The Bertz CT molecular complexity index is 782. The fraction of sp³-hybridized carbons (Fsp3) is 0. The number of oxazole rings is 1. The minimum atomic E-state index is -0.436. The van der Waals surface area contributed by atoms with Gasteiger partial charge in [0.25, 0.3) is 10.9 Å². The highest BCUT2D eigenvalue weighted by atomic mass is 32.1. The van der Waals surface area contributed by atoms with Crippen LogP contribution in [0.3, 0.4) is 0 Å². The summed E-state index contributed by atoms with van der Waals surface area (Å²) in [6, 6.07) is 15.7. The SMILES string of the molecule is O=[N+]([O-])c1ccc(-c2nc(S)oc2-c2ccccc2)cc1. The number of benzene rings is 2. The number of hydrogen-bond acceptors (Lipinski definition) is 5. The molecule has 0 spiro atoms. The first-order chi connectivity index (χ1) is 10.1. The number of aromatic nitrogens is 1. The van der Waals surface area contributed by atoms with E-state index < -0.39 is 4.92 Å². The van der Waals surface area contributed by atoms with E-state index in [-0.39, 0.29) is 10.9 Å². The Kier molecular flexibility index (Phi) is 3.45. The number of nitrogens with zero attached hydrogens (tertiary/aromatic N) is 2. The van der Waals surface area contributed by atoms with E-state index in [1.165, 1.54) is 12.1 Å². The molecule has 0 aliphatic rings. The summed E-state index contributed by atoms with van der Waals surface area (Å²) >= 11 is 4.14. The quantitative estimate of drug-likeness (QED) is 0.447. The third-order valence-corrected chi connectivity index (χ3v) is 3.19. The first-order valence-corrected chi connectivity index (χ1v) is 6.60. The van der Waals surface area contributed by atoms with Crippen LogP contribution in [0.1, 0.15) is 0 Å². The van der Waals surface area contributed by atoms with Crippen LogP contribution in [0.15, 0.2) is 64.2 Å². The van der Waals surface area contributed by atoms with Crippen LogP contribution < -0.4 is 0 Å². The summed E-state index contributed by atoms with van der Waals surface area (Å²) in [5, 5.41) is 11.0. The van der Waals surface area contributed by atoms with Crippen LogP contribution in [-0.4, -0.2) is 9.91 Å². The van der Waals surface area contributed by atoms with Gasteiger partial charge in [-0.2, -0.15) is 0 Å². The van der Waals surface area contributed by atoms with Crippen molar-refractivity contribution in [3.05, 3.63) is 64.7 Å². The lowest BCUT2D eigenvalue weighted by Crippen LogP contribution is -1.88. The normalized spacial score (nSPS) is 10.5. The number of non-ortho nitro benzene ring substituents is 1. The Balaban J connectivity index is 2.09. The topological polar surface area (TPSA) is 69.2 Å². The van der Waals surface area contributed by atoms with Crippen LogP contribution in [0.2, 0.25) is 0 Å². The maximum absolute atomic E-state index is 10.7. The lowest BCUT2D eigenvalue weighted by Gasteiger charge is -2.01. The van der Waals surface area contributed by atoms with Gasteiger partial charge >= 0.3 is 0 Å². The zero-order valence-corrected chi connectivity index (χ0v) is 11.7. The zero-order chi connectivity index (χ0) is 14.8. The van der Waals surface area contributed by atoms with E-state index in [1.807, 2.05) is 30.3 Å². The van der Waals surface area contributed by atoms with Gasteiger partial charge in [-0.3, -0.25) is 10.1 Å². The Morgan fingerprint density at radius 1 is 1.00 bits per heavy atom. The highest BCUT2D eigenvalue weighted by Crippen LogP contribution is 2.34. The van der Waals surface area contributed by atoms with Crippen molar-refractivity contribution in [1.82, 2.24) is 4.98 Å². The fourth-order valence-corrected chi connectivity index (χ4v) is 2.22. The van der Waals surface area contributed by atoms with Crippen molar-refractivity contribution >= 4 is 18.3 Å². The number of nitro groups is 1. The molecule has 0 unspecified atom stereocenters. The average molecular weight is 298 g/mol. The standard InChI is InChI=1S/C15H10N2O3S/c18-17(19)12-8-6-10(7-9-12)13-14(20-15(21)16-13)11-4-2-1-3-5-11/h1-9H,(H,16,21). The molecule has 104 valence electrons. The summed E-state index contributed by atoms with van der Waals surface area (Å²) in [5.41, 5.74) is 2.26. The summed E-state index contributed by atoms with van der Waals surface area (Å²) in [4.78, 5) is 14.5. The molecule has 3 aromatic rings. The Morgan fingerprint density at radius 2 is 1.67 bits per heavy atom. The van der Waals surface area contributed by atoms with Crippen molar-refractivity contribution < 1.29 is 9.34 Å². The Hall–Kier alpha value is -2.60. The van der Waals surface area contributed by atoms with Crippen molar-refractivity contribution in [1.29, 1.82) is 0 Å². The summed E-state index contributed by atoms with van der Waals surface area (Å²) in [7, 11) is 0. The molecule has 0 N–H and O–H groups in total. The predicted octanol–water partition coefficient (Wildman–Crippen LogP) is 4.21. The molecule has 1 aromatic heterocycles. The molecule has 6 heteroatoms. The molecule has 0 aliphatic carbocycles. The summed E-state index contributed by atoms with van der Waals surface area (Å²) < 4.78 is 5.55. The van der Waals surface area contributed by atoms with E-state index in [1.54, 1.807) is 12.1 Å². The van der Waals surface area contributed by atoms with Crippen LogP contribution in [0.5, 0.6) is 0 Å². The molecule has 0 amide bonds. The second kappa shape index (κ2) is 5.41. The van der Waals surface area contributed by atoms with Crippen molar-refractivity contribution in [2.75, 3.05) is 0 Å². The molecule has 21 heavy (non-hydrogen) atoms. The van der Waals surface area contributed by atoms with Gasteiger partial charge < -0.3 is 4.42 Å². The highest BCUT2D eigenvalue weighted by Gasteiger charge is 2.16. The van der Waals surface area contributed by atoms with E-state index in [0.29, 0.717) is 11.5 Å². The van der Waals surface area contributed by atoms with E-state index >= 15 is 0 Å². The lowest BCUT2D eigenvalue weighted by atomic mass is 10.1. The maximum Gasteiger partial charge on any atom is 0.269 e. The van der Waals surface area contributed by atoms with Crippen molar-refractivity contribution in [3.8, 4) is 22.6 Å². The number of nitro benzene ring substituents is 1. The molecule has 1 heterocycles. The van der Waals surface area contributed by atoms with Crippen LogP contribution in [-0.2, 0) is 0 Å². The van der Waals surface area contributed by atoms with Crippen molar-refractivity contribution in [3.63, 3.8) is 0 Å². The molecule has 0 saturated carbocycles. The monoisotopic (exact) mass is 298 g/mol. The molecular formula is C15H10N2O3S. The van der Waals surface area contributed by atoms with Gasteiger partial charge in [0, 0.05) is 23.3 Å². The van der Waals surface area contributed by atoms with Crippen LogP contribution in [0, 0.1) is 10.1 Å². The van der Waals surface area contributed by atoms with Gasteiger partial charge in [-0.1, -0.05) is 43.0 Å². The molecule has 0 saturated heterocycles. The molecular weight excluding hydrogens is 288 g/mol. The van der Waals surface area contributed by atoms with E-state index in [4.69, 9.17) is 4.42 Å². The van der Waals surface area contributed by atoms with Gasteiger partial charge in [0.15, 0.2) is 5.76 Å². The van der Waals surface area contributed by atoms with Gasteiger partial charge in [-0.25, -0.2) is 4.98 Å². The Labute approximate surface area is 125 Å². The average Bonchev–Trinajstić information content (AvgIpc) is 2.90. The van der Waals surface area contributed by atoms with Crippen molar-refractivity contribution in [2.24, 2.45) is 0 Å². The zero-order valence-electron chi connectivity index (χ0n) is 10.8.